The minimum absolute atomic E-state index is 0.0677. The van der Waals surface area contributed by atoms with Gasteiger partial charge in [0.2, 0.25) is 5.13 Å². The maximum Gasteiger partial charge on any atom is 0.355 e. The van der Waals surface area contributed by atoms with E-state index in [2.05, 4.69) is 31.7 Å². The van der Waals surface area contributed by atoms with E-state index in [-0.39, 0.29) is 35.8 Å². The molecule has 1 saturated heterocycles. The minimum atomic E-state index is -1.15. The van der Waals surface area contributed by atoms with Crippen LogP contribution in [0.15, 0.2) is 59.1 Å². The van der Waals surface area contributed by atoms with Gasteiger partial charge in [0.15, 0.2) is 22.4 Å². The number of piperidine rings is 1. The summed E-state index contributed by atoms with van der Waals surface area (Å²) in [5.74, 6) is 4.72. The van der Waals surface area contributed by atoms with E-state index in [4.69, 9.17) is 21.6 Å². The summed E-state index contributed by atoms with van der Waals surface area (Å²) in [4.78, 5) is 32.5. The second-order valence-corrected chi connectivity index (χ2v) is 15.5. The Kier molecular flexibility index (Phi) is 14.7. The highest BCUT2D eigenvalue weighted by Crippen LogP contribution is 2.30. The molecule has 1 aliphatic rings. The Bertz CT molecular complexity index is 2010. The predicted octanol–water partition coefficient (Wildman–Crippen LogP) is 6.14. The van der Waals surface area contributed by atoms with Crippen LogP contribution in [0.2, 0.25) is 0 Å². The molecule has 2 aromatic carbocycles. The van der Waals surface area contributed by atoms with Crippen molar-refractivity contribution in [1.29, 1.82) is 5.41 Å². The molecule has 1 fully saturated rings. The highest BCUT2D eigenvalue weighted by molar-refractivity contribution is 7.22. The number of aromatic nitrogens is 2. The van der Waals surface area contributed by atoms with Crippen molar-refractivity contribution < 1.29 is 19.0 Å². The molecule has 0 atom stereocenters. The molecule has 1 aliphatic heterocycles. The van der Waals surface area contributed by atoms with Gasteiger partial charge in [0.05, 0.1) is 23.4 Å². The smallest absolute Gasteiger partial charge is 0.355 e. The van der Waals surface area contributed by atoms with Crippen molar-refractivity contribution in [2.75, 3.05) is 58.3 Å². The lowest BCUT2D eigenvalue weighted by Crippen LogP contribution is -2.40. The van der Waals surface area contributed by atoms with Crippen molar-refractivity contribution in [1.82, 2.24) is 19.8 Å². The molecular formula is C39H48FN9O3S2. The average molecular weight is 774 g/mol. The third kappa shape index (κ3) is 11.6. The van der Waals surface area contributed by atoms with Crippen molar-refractivity contribution in [2.24, 2.45) is 16.5 Å². The fraction of sp³-hybridized carbons (Fsp3) is 0.410. The number of ether oxygens (including phenoxy) is 1. The van der Waals surface area contributed by atoms with Crippen LogP contribution in [0, 0.1) is 23.1 Å². The largest absolute Gasteiger partial charge is 0.491 e. The number of anilines is 1. The van der Waals surface area contributed by atoms with Crippen molar-refractivity contribution >= 4 is 60.8 Å². The summed E-state index contributed by atoms with van der Waals surface area (Å²) in [6.45, 7) is 5.84. The van der Waals surface area contributed by atoms with Gasteiger partial charge in [-0.15, -0.1) is 11.3 Å². The Labute approximate surface area is 323 Å². The number of halogens is 1. The van der Waals surface area contributed by atoms with E-state index in [1.807, 2.05) is 43.3 Å². The first-order chi connectivity index (χ1) is 26.0. The quantitative estimate of drug-likeness (QED) is 0.0449. The lowest BCUT2D eigenvalue weighted by atomic mass is 10.1. The van der Waals surface area contributed by atoms with Crippen molar-refractivity contribution in [3.63, 3.8) is 0 Å². The minimum Gasteiger partial charge on any atom is -0.491 e. The van der Waals surface area contributed by atoms with E-state index in [1.165, 1.54) is 28.7 Å². The monoisotopic (exact) mass is 773 g/mol. The standard InChI is InChI=1S/C39H48FN9O3S2/c1-26(36(43)46-38-44-30-11-4-5-12-32(30)53-38)24-34(42)49(20-7-6-19-48-21-16-28(41)17-22-48)39-45-35(37(50)51)33(54-39)13-9-23-52-31-15-14-27(25-29(31)40)10-8-18-47(2)3/h4-5,11-12,14-15,24-25,28,42H,6-7,9,13,16-23,41H2,1-3H3,(H,50,51)(H2,43,44,46)/b26-24-,42-34?. The number of hydrogen-bond donors (Lipinski definition) is 4. The second kappa shape index (κ2) is 19.6. The number of amidine groups is 2. The molecule has 3 heterocycles. The molecule has 4 aromatic rings. The van der Waals surface area contributed by atoms with Gasteiger partial charge in [0.1, 0.15) is 11.7 Å². The molecule has 12 nitrogen and oxygen atoms in total. The summed E-state index contributed by atoms with van der Waals surface area (Å²) in [7, 11) is 3.82. The molecule has 5 rings (SSSR count). The van der Waals surface area contributed by atoms with Gasteiger partial charge in [-0.1, -0.05) is 35.3 Å². The Morgan fingerprint density at radius 2 is 1.94 bits per heavy atom. The van der Waals surface area contributed by atoms with Gasteiger partial charge in [-0.25, -0.2) is 24.1 Å². The first-order valence-corrected chi connectivity index (χ1v) is 19.6. The number of thiazole rings is 2. The Hall–Kier alpha value is -4.72. The highest BCUT2D eigenvalue weighted by atomic mass is 32.1. The number of unbranched alkanes of at least 4 members (excludes halogenated alkanes) is 1. The average Bonchev–Trinajstić information content (AvgIpc) is 3.75. The van der Waals surface area contributed by atoms with E-state index in [9.17, 15) is 14.3 Å². The molecule has 0 spiro atoms. The van der Waals surface area contributed by atoms with Crippen molar-refractivity contribution in [3.8, 4) is 17.6 Å². The number of carboxylic acid groups (broad SMARTS) is 1. The van der Waals surface area contributed by atoms with Gasteiger partial charge in [-0.2, -0.15) is 0 Å². The Morgan fingerprint density at radius 3 is 2.67 bits per heavy atom. The number of fused-ring (bicyclic) bond motifs is 1. The third-order valence-corrected chi connectivity index (χ3v) is 10.8. The fourth-order valence-corrected chi connectivity index (χ4v) is 7.74. The summed E-state index contributed by atoms with van der Waals surface area (Å²) in [5.41, 5.74) is 14.4. The van der Waals surface area contributed by atoms with E-state index < -0.39 is 11.8 Å². The molecule has 0 amide bonds. The van der Waals surface area contributed by atoms with Crippen LogP contribution >= 0.6 is 22.7 Å². The number of rotatable bonds is 16. The van der Waals surface area contributed by atoms with Gasteiger partial charge in [-0.3, -0.25) is 10.3 Å². The van der Waals surface area contributed by atoms with Gasteiger partial charge < -0.3 is 31.1 Å². The first kappa shape index (κ1) is 40.5. The molecule has 0 bridgehead atoms. The van der Waals surface area contributed by atoms with E-state index >= 15 is 0 Å². The van der Waals surface area contributed by atoms with E-state index in [1.54, 1.807) is 30.0 Å². The maximum absolute atomic E-state index is 14.7. The zero-order chi connectivity index (χ0) is 38.6. The molecule has 0 radical (unpaired) electrons. The van der Waals surface area contributed by atoms with Crippen LogP contribution in [0.25, 0.3) is 10.2 Å². The Balaban J connectivity index is 1.28. The van der Waals surface area contributed by atoms with Gasteiger partial charge >= 0.3 is 5.97 Å². The lowest BCUT2D eigenvalue weighted by molar-refractivity contribution is 0.0690. The first-order valence-electron chi connectivity index (χ1n) is 18.0. The molecule has 286 valence electrons. The van der Waals surface area contributed by atoms with E-state index in [0.29, 0.717) is 52.2 Å². The number of aryl methyl sites for hydroxylation is 1. The molecule has 2 aromatic heterocycles. The summed E-state index contributed by atoms with van der Waals surface area (Å²) in [5, 5.41) is 20.1. The number of para-hydroxylation sites is 1. The summed E-state index contributed by atoms with van der Waals surface area (Å²) >= 11 is 2.66. The van der Waals surface area contributed by atoms with Gasteiger partial charge in [-0.05, 0) is 121 Å². The SMILES string of the molecule is C/C(=C/C(=N)N(CCCCN1CCC(N)CC1)c1nc(C(=O)O)c(CCCOc2ccc(C#CCN(C)C)cc2F)s1)C(N)=Nc1nc2ccccc2s1. The van der Waals surface area contributed by atoms with E-state index in [0.717, 1.165) is 55.5 Å². The number of likely N-dealkylation sites (tertiary alicyclic amines) is 1. The number of hydrogen-bond acceptors (Lipinski definition) is 11. The number of aliphatic imine (C=N–C) groups is 1. The normalized spacial score (nSPS) is 14.3. The van der Waals surface area contributed by atoms with Crippen LogP contribution in [0.1, 0.15) is 60.0 Å². The molecule has 54 heavy (non-hydrogen) atoms. The van der Waals surface area contributed by atoms with Gasteiger partial charge in [0.25, 0.3) is 0 Å². The highest BCUT2D eigenvalue weighted by Gasteiger charge is 2.23. The number of carbonyl (C=O) groups is 1. The predicted molar refractivity (Wildman–Crippen MR) is 217 cm³/mol. The Morgan fingerprint density at radius 1 is 1.17 bits per heavy atom. The number of carboxylic acids is 1. The molecule has 0 saturated carbocycles. The zero-order valence-corrected chi connectivity index (χ0v) is 32.6. The number of nitrogens with two attached hydrogens (primary N) is 2. The molecule has 15 heteroatoms. The lowest BCUT2D eigenvalue weighted by Gasteiger charge is -2.30. The zero-order valence-electron chi connectivity index (χ0n) is 31.0. The van der Waals surface area contributed by atoms with Crippen LogP contribution in [-0.2, 0) is 6.42 Å². The molecule has 0 unspecified atom stereocenters. The number of benzene rings is 2. The number of aromatic carboxylic acids is 1. The van der Waals surface area contributed by atoms with Crippen LogP contribution in [0.5, 0.6) is 5.75 Å². The fourth-order valence-electron chi connectivity index (χ4n) is 5.76. The molecule has 0 aliphatic carbocycles. The van der Waals surface area contributed by atoms with Crippen LogP contribution in [-0.4, -0.2) is 102 Å². The molecular weight excluding hydrogens is 726 g/mol. The second-order valence-electron chi connectivity index (χ2n) is 13.4. The van der Waals surface area contributed by atoms with Crippen molar-refractivity contribution in [3.05, 3.63) is 76.1 Å². The summed E-state index contributed by atoms with van der Waals surface area (Å²) in [6, 6.07) is 12.6. The number of nitrogens with zero attached hydrogens (tertiary/aromatic N) is 6. The van der Waals surface area contributed by atoms with Crippen LogP contribution in [0.4, 0.5) is 14.7 Å². The summed E-state index contributed by atoms with van der Waals surface area (Å²) < 4.78 is 21.4. The van der Waals surface area contributed by atoms with Crippen LogP contribution in [0.3, 0.4) is 0 Å². The number of nitrogens with one attached hydrogen (secondary N) is 1. The molecule has 6 N–H and O–H groups in total. The third-order valence-electron chi connectivity index (χ3n) is 8.77. The topological polar surface area (TPSA) is 170 Å². The summed E-state index contributed by atoms with van der Waals surface area (Å²) in [6.07, 6.45) is 6.03. The van der Waals surface area contributed by atoms with Crippen LogP contribution < -0.4 is 21.1 Å². The maximum atomic E-state index is 14.7. The van der Waals surface area contributed by atoms with Gasteiger partial charge in [0, 0.05) is 23.0 Å². The van der Waals surface area contributed by atoms with Crippen molar-refractivity contribution in [2.45, 2.75) is 51.5 Å².